The average Bonchev–Trinajstić information content (AvgIpc) is 3.23. The molecule has 4 rings (SSSR count). The molecule has 1 amide bonds. The molecule has 0 aliphatic heterocycles. The van der Waals surface area contributed by atoms with E-state index in [1.807, 2.05) is 66.2 Å². The maximum Gasteiger partial charge on any atom is 0.251 e. The van der Waals surface area contributed by atoms with Gasteiger partial charge in [0.15, 0.2) is 11.0 Å². The van der Waals surface area contributed by atoms with Crippen molar-refractivity contribution in [2.45, 2.75) is 23.4 Å². The van der Waals surface area contributed by atoms with Crippen molar-refractivity contribution in [1.29, 1.82) is 0 Å². The summed E-state index contributed by atoms with van der Waals surface area (Å²) in [5, 5.41) is 13.3. The third kappa shape index (κ3) is 5.98. The number of ether oxygens (including phenoxy) is 1. The molecule has 3 aromatic carbocycles. The van der Waals surface area contributed by atoms with Gasteiger partial charge < -0.3 is 14.6 Å². The average molecular weight is 493 g/mol. The largest absolute Gasteiger partial charge is 0.497 e. The van der Waals surface area contributed by atoms with E-state index in [0.717, 1.165) is 27.8 Å². The minimum absolute atomic E-state index is 0.209. The second-order valence-corrected chi connectivity index (χ2v) is 9.14. The van der Waals surface area contributed by atoms with E-state index in [4.69, 9.17) is 16.3 Å². The Morgan fingerprint density at radius 3 is 2.50 bits per heavy atom. The van der Waals surface area contributed by atoms with E-state index in [-0.39, 0.29) is 11.9 Å². The van der Waals surface area contributed by atoms with Crippen LogP contribution in [-0.4, -0.2) is 27.8 Å². The number of thioether (sulfide) groups is 1. The van der Waals surface area contributed by atoms with Crippen molar-refractivity contribution < 1.29 is 9.53 Å². The first kappa shape index (κ1) is 23.9. The third-order valence-corrected chi connectivity index (χ3v) is 6.71. The lowest BCUT2D eigenvalue weighted by atomic mass is 10.0. The summed E-state index contributed by atoms with van der Waals surface area (Å²) in [7, 11) is 3.58. The van der Waals surface area contributed by atoms with E-state index < -0.39 is 0 Å². The second-order valence-electron chi connectivity index (χ2n) is 7.76. The number of halogens is 1. The van der Waals surface area contributed by atoms with Crippen molar-refractivity contribution >= 4 is 29.3 Å². The van der Waals surface area contributed by atoms with Gasteiger partial charge in [0.25, 0.3) is 5.91 Å². The zero-order chi connectivity index (χ0) is 23.9. The molecule has 8 heteroatoms. The van der Waals surface area contributed by atoms with Crippen LogP contribution in [0.3, 0.4) is 0 Å². The van der Waals surface area contributed by atoms with E-state index in [0.29, 0.717) is 22.8 Å². The van der Waals surface area contributed by atoms with Crippen LogP contribution >= 0.6 is 23.4 Å². The van der Waals surface area contributed by atoms with Gasteiger partial charge in [0.2, 0.25) is 0 Å². The lowest BCUT2D eigenvalue weighted by molar-refractivity contribution is 0.0934. The molecule has 4 aromatic rings. The SMILES string of the molecule is COc1ccc(CSc2nnc(C(Cc3ccccc3)NC(=O)c3cccc(Cl)c3)n2C)cc1. The predicted molar refractivity (Wildman–Crippen MR) is 135 cm³/mol. The molecule has 34 heavy (non-hydrogen) atoms. The zero-order valence-electron chi connectivity index (χ0n) is 18.9. The van der Waals surface area contributed by atoms with Gasteiger partial charge in [0.05, 0.1) is 13.2 Å². The van der Waals surface area contributed by atoms with Crippen molar-refractivity contribution in [3.05, 3.63) is 106 Å². The first-order chi connectivity index (χ1) is 16.5. The van der Waals surface area contributed by atoms with Crippen molar-refractivity contribution in [2.24, 2.45) is 7.05 Å². The van der Waals surface area contributed by atoms with Gasteiger partial charge in [-0.25, -0.2) is 0 Å². The van der Waals surface area contributed by atoms with Gasteiger partial charge >= 0.3 is 0 Å². The van der Waals surface area contributed by atoms with Crippen LogP contribution in [0.1, 0.15) is 33.4 Å². The minimum atomic E-state index is -0.360. The number of amides is 1. The van der Waals surface area contributed by atoms with E-state index in [9.17, 15) is 4.79 Å². The molecule has 0 saturated heterocycles. The smallest absolute Gasteiger partial charge is 0.251 e. The Labute approximate surface area is 208 Å². The van der Waals surface area contributed by atoms with Crippen molar-refractivity contribution in [3.8, 4) is 5.75 Å². The molecule has 0 saturated carbocycles. The maximum absolute atomic E-state index is 13.0. The number of methoxy groups -OCH3 is 1. The summed E-state index contributed by atoms with van der Waals surface area (Å²) >= 11 is 7.68. The van der Waals surface area contributed by atoms with Gasteiger partial charge in [0, 0.05) is 23.4 Å². The van der Waals surface area contributed by atoms with Crippen LogP contribution in [0, 0.1) is 0 Å². The number of rotatable bonds is 9. The molecule has 0 radical (unpaired) electrons. The van der Waals surface area contributed by atoms with Crippen LogP contribution < -0.4 is 10.1 Å². The standard InChI is InChI=1S/C26H25ClN4O2S/c1-31-24(29-30-26(31)34-17-19-11-13-22(33-2)14-12-19)23(15-18-7-4-3-5-8-18)28-25(32)20-9-6-10-21(27)16-20/h3-14,16,23H,15,17H2,1-2H3,(H,28,32). The van der Waals surface area contributed by atoms with Crippen LogP contribution in [0.25, 0.3) is 0 Å². The lowest BCUT2D eigenvalue weighted by Gasteiger charge is -2.19. The third-order valence-electron chi connectivity index (χ3n) is 5.38. The van der Waals surface area contributed by atoms with Gasteiger partial charge in [-0.3, -0.25) is 4.79 Å². The molecule has 0 aliphatic rings. The number of carbonyl (C=O) groups is 1. The van der Waals surface area contributed by atoms with E-state index >= 15 is 0 Å². The van der Waals surface area contributed by atoms with E-state index in [1.165, 1.54) is 0 Å². The Kier molecular flexibility index (Phi) is 7.87. The van der Waals surface area contributed by atoms with Crippen molar-refractivity contribution in [1.82, 2.24) is 20.1 Å². The Morgan fingerprint density at radius 2 is 1.79 bits per heavy atom. The quantitative estimate of drug-likeness (QED) is 0.313. The Hall–Kier alpha value is -3.29. The molecule has 1 atom stereocenters. The highest BCUT2D eigenvalue weighted by atomic mass is 35.5. The molecule has 1 N–H and O–H groups in total. The first-order valence-electron chi connectivity index (χ1n) is 10.8. The van der Waals surface area contributed by atoms with Crippen LogP contribution in [0.5, 0.6) is 5.75 Å². The fourth-order valence-electron chi connectivity index (χ4n) is 3.55. The maximum atomic E-state index is 13.0. The zero-order valence-corrected chi connectivity index (χ0v) is 20.5. The summed E-state index contributed by atoms with van der Waals surface area (Å²) in [5.74, 6) is 2.05. The van der Waals surface area contributed by atoms with Gasteiger partial charge in [-0.15, -0.1) is 10.2 Å². The van der Waals surface area contributed by atoms with Crippen molar-refractivity contribution in [3.63, 3.8) is 0 Å². The molecule has 6 nitrogen and oxygen atoms in total. The Morgan fingerprint density at radius 1 is 1.03 bits per heavy atom. The molecule has 1 heterocycles. The summed E-state index contributed by atoms with van der Waals surface area (Å²) in [6, 6.07) is 24.5. The van der Waals surface area contributed by atoms with Gasteiger partial charge in [-0.05, 0) is 47.9 Å². The molecular weight excluding hydrogens is 468 g/mol. The second kappa shape index (κ2) is 11.2. The number of nitrogens with one attached hydrogen (secondary N) is 1. The lowest BCUT2D eigenvalue weighted by Crippen LogP contribution is -2.31. The topological polar surface area (TPSA) is 69.0 Å². The first-order valence-corrected chi connectivity index (χ1v) is 12.1. The van der Waals surface area contributed by atoms with Gasteiger partial charge in [-0.2, -0.15) is 0 Å². The fourth-order valence-corrected chi connectivity index (χ4v) is 4.62. The van der Waals surface area contributed by atoms with Gasteiger partial charge in [-0.1, -0.05) is 71.9 Å². The molecule has 174 valence electrons. The molecule has 0 fully saturated rings. The van der Waals surface area contributed by atoms with Crippen LogP contribution in [0.2, 0.25) is 5.02 Å². The predicted octanol–water partition coefficient (Wildman–Crippen LogP) is 5.48. The summed E-state index contributed by atoms with van der Waals surface area (Å²) in [5.41, 5.74) is 2.75. The number of aromatic nitrogens is 3. The molecule has 0 aliphatic carbocycles. The fraction of sp³-hybridized carbons (Fsp3) is 0.192. The van der Waals surface area contributed by atoms with Crippen LogP contribution in [0.4, 0.5) is 0 Å². The van der Waals surface area contributed by atoms with E-state index in [1.54, 1.807) is 43.1 Å². The van der Waals surface area contributed by atoms with E-state index in [2.05, 4.69) is 15.5 Å². The summed E-state index contributed by atoms with van der Waals surface area (Å²) in [6.45, 7) is 0. The number of hydrogen-bond donors (Lipinski definition) is 1. The monoisotopic (exact) mass is 492 g/mol. The van der Waals surface area contributed by atoms with Crippen molar-refractivity contribution in [2.75, 3.05) is 7.11 Å². The summed E-state index contributed by atoms with van der Waals surface area (Å²) in [6.07, 6.45) is 0.586. The molecular formula is C26H25ClN4O2S. The highest BCUT2D eigenvalue weighted by molar-refractivity contribution is 7.98. The number of hydrogen-bond acceptors (Lipinski definition) is 5. The summed E-state index contributed by atoms with van der Waals surface area (Å²) in [4.78, 5) is 13.0. The Balaban J connectivity index is 1.54. The number of carbonyl (C=O) groups excluding carboxylic acids is 1. The number of nitrogens with zero attached hydrogens (tertiary/aromatic N) is 3. The highest BCUT2D eigenvalue weighted by Gasteiger charge is 2.23. The number of benzene rings is 3. The minimum Gasteiger partial charge on any atom is -0.497 e. The molecule has 1 aromatic heterocycles. The Bertz CT molecular complexity index is 1250. The normalized spacial score (nSPS) is 11.7. The molecule has 0 spiro atoms. The molecule has 1 unspecified atom stereocenters. The van der Waals surface area contributed by atoms with Crippen LogP contribution in [0.15, 0.2) is 84.0 Å². The van der Waals surface area contributed by atoms with Gasteiger partial charge in [0.1, 0.15) is 5.75 Å². The summed E-state index contributed by atoms with van der Waals surface area (Å²) < 4.78 is 7.17. The highest BCUT2D eigenvalue weighted by Crippen LogP contribution is 2.26. The molecule has 0 bridgehead atoms. The van der Waals surface area contributed by atoms with Crippen LogP contribution in [-0.2, 0) is 19.2 Å².